The molecule has 0 aliphatic carbocycles. The van der Waals surface area contributed by atoms with Gasteiger partial charge in [0.25, 0.3) is 0 Å². The average Bonchev–Trinajstić information content (AvgIpc) is 2.97. The first-order valence-electron chi connectivity index (χ1n) is 8.19. The van der Waals surface area contributed by atoms with Gasteiger partial charge in [-0.2, -0.15) is 0 Å². The summed E-state index contributed by atoms with van der Waals surface area (Å²) in [5, 5.41) is 4.78. The minimum absolute atomic E-state index is 0.184. The van der Waals surface area contributed by atoms with Crippen molar-refractivity contribution in [2.24, 2.45) is 4.99 Å². The lowest BCUT2D eigenvalue weighted by molar-refractivity contribution is 0.0394. The second-order valence-corrected chi connectivity index (χ2v) is 10.2. The molecule has 1 aromatic heterocycles. The number of halogens is 1. The van der Waals surface area contributed by atoms with Gasteiger partial charge in [-0.15, -0.1) is 11.3 Å². The van der Waals surface area contributed by atoms with E-state index in [0.29, 0.717) is 18.1 Å². The minimum Gasteiger partial charge on any atom is -0.444 e. The van der Waals surface area contributed by atoms with Crippen LogP contribution in [0.2, 0.25) is 5.02 Å². The fraction of sp³-hybridized carbons (Fsp3) is 0.625. The Hall–Kier alpha value is -1.16. The van der Waals surface area contributed by atoms with Crippen molar-refractivity contribution in [1.82, 2.24) is 9.62 Å². The molecule has 3 rings (SSSR count). The average molecular weight is 420 g/mol. The number of fused-ring (bicyclic) bond motifs is 1. The van der Waals surface area contributed by atoms with Crippen LogP contribution in [0.15, 0.2) is 16.4 Å². The molecular weight excluding hydrogens is 398 g/mol. The number of thiophene rings is 1. The van der Waals surface area contributed by atoms with Crippen LogP contribution in [0.1, 0.15) is 32.1 Å². The molecule has 3 atom stereocenters. The van der Waals surface area contributed by atoms with E-state index in [0.717, 1.165) is 4.88 Å². The number of carbonyl (C=O) groups excluding carboxylic acids is 1. The molecule has 0 radical (unpaired) electrons. The third kappa shape index (κ3) is 3.62. The van der Waals surface area contributed by atoms with Gasteiger partial charge in [-0.05, 0) is 38.6 Å². The smallest absolute Gasteiger partial charge is 0.414 e. The van der Waals surface area contributed by atoms with Gasteiger partial charge in [0.2, 0.25) is 5.96 Å². The molecule has 1 N–H and O–H groups in total. The molecule has 26 heavy (non-hydrogen) atoms. The first-order valence-corrected chi connectivity index (χ1v) is 10.6. The number of hydrogen-bond acceptors (Lipinski definition) is 6. The number of nitrogens with one attached hydrogen (secondary N) is 1. The molecule has 0 saturated carbocycles. The van der Waals surface area contributed by atoms with Gasteiger partial charge in [0.15, 0.2) is 0 Å². The van der Waals surface area contributed by atoms with Gasteiger partial charge in [0.1, 0.15) is 22.1 Å². The minimum atomic E-state index is -1.40. The van der Waals surface area contributed by atoms with Crippen LogP contribution in [0.3, 0.4) is 0 Å². The van der Waals surface area contributed by atoms with Crippen molar-refractivity contribution in [3.63, 3.8) is 0 Å². The van der Waals surface area contributed by atoms with Crippen molar-refractivity contribution in [2.75, 3.05) is 20.3 Å². The van der Waals surface area contributed by atoms with Crippen molar-refractivity contribution in [3.8, 4) is 0 Å². The van der Waals surface area contributed by atoms with Crippen LogP contribution >= 0.6 is 22.9 Å². The van der Waals surface area contributed by atoms with Crippen molar-refractivity contribution in [1.29, 1.82) is 0 Å². The number of nitrogens with zero attached hydrogens (tertiary/aromatic N) is 2. The van der Waals surface area contributed by atoms with Crippen LogP contribution < -0.4 is 5.32 Å². The Balaban J connectivity index is 2.01. The standard InChI is InChI=1S/C16H22ClN3O4S2/c1-15(2,3)24-14(21)18-13-19-16(12-10(17)6-8-25-12)9-23-7-5-11(16)26(22)20(13)4/h6,8,11H,5,7,9H2,1-4H3,(H,18,19,21). The van der Waals surface area contributed by atoms with Crippen LogP contribution in [0.4, 0.5) is 4.79 Å². The summed E-state index contributed by atoms with van der Waals surface area (Å²) >= 11 is 7.82. The Bertz CT molecular complexity index is 761. The maximum absolute atomic E-state index is 13.1. The number of hydrogen-bond donors (Lipinski definition) is 1. The van der Waals surface area contributed by atoms with Gasteiger partial charge >= 0.3 is 6.09 Å². The highest BCUT2D eigenvalue weighted by atomic mass is 35.5. The summed E-state index contributed by atoms with van der Waals surface area (Å²) in [7, 11) is 0.238. The second-order valence-electron chi connectivity index (χ2n) is 7.19. The summed E-state index contributed by atoms with van der Waals surface area (Å²) in [6, 6.07) is 1.79. The van der Waals surface area contributed by atoms with E-state index < -0.39 is 28.2 Å². The zero-order chi connectivity index (χ0) is 19.1. The largest absolute Gasteiger partial charge is 0.444 e. The monoisotopic (exact) mass is 419 g/mol. The predicted molar refractivity (Wildman–Crippen MR) is 103 cm³/mol. The number of guanidine groups is 1. The molecule has 1 amide bonds. The maximum Gasteiger partial charge on any atom is 0.414 e. The second kappa shape index (κ2) is 7.10. The van der Waals surface area contributed by atoms with Gasteiger partial charge in [0, 0.05) is 13.7 Å². The van der Waals surface area contributed by atoms with E-state index in [1.807, 2.05) is 5.38 Å². The first-order chi connectivity index (χ1) is 12.1. The van der Waals surface area contributed by atoms with E-state index in [-0.39, 0.29) is 17.8 Å². The van der Waals surface area contributed by atoms with E-state index >= 15 is 0 Å². The Morgan fingerprint density at radius 3 is 2.92 bits per heavy atom. The Labute approximate surface area is 164 Å². The molecule has 1 fully saturated rings. The molecule has 10 heteroatoms. The highest BCUT2D eigenvalue weighted by molar-refractivity contribution is 7.84. The van der Waals surface area contributed by atoms with E-state index in [1.54, 1.807) is 33.9 Å². The molecule has 3 unspecified atom stereocenters. The lowest BCUT2D eigenvalue weighted by Crippen LogP contribution is -2.60. The third-order valence-electron chi connectivity index (χ3n) is 4.12. The Kier molecular flexibility index (Phi) is 5.35. The molecule has 0 bridgehead atoms. The molecule has 3 heterocycles. The molecule has 0 aromatic carbocycles. The van der Waals surface area contributed by atoms with Crippen LogP contribution in [0.5, 0.6) is 0 Å². The summed E-state index contributed by atoms with van der Waals surface area (Å²) < 4.78 is 25.6. The molecule has 1 saturated heterocycles. The van der Waals surface area contributed by atoms with Crippen LogP contribution in [0, 0.1) is 0 Å². The molecule has 1 aromatic rings. The van der Waals surface area contributed by atoms with Crippen molar-refractivity contribution < 1.29 is 18.5 Å². The summed E-state index contributed by atoms with van der Waals surface area (Å²) in [4.78, 5) is 17.8. The molecule has 144 valence electrons. The highest BCUT2D eigenvalue weighted by Gasteiger charge is 2.53. The molecule has 0 spiro atoms. The third-order valence-corrected chi connectivity index (χ3v) is 7.45. The number of alkyl carbamates (subject to hydrolysis) is 1. The lowest BCUT2D eigenvalue weighted by atomic mass is 9.90. The Morgan fingerprint density at radius 1 is 1.58 bits per heavy atom. The van der Waals surface area contributed by atoms with E-state index in [2.05, 4.69) is 5.32 Å². The summed E-state index contributed by atoms with van der Waals surface area (Å²) in [6.07, 6.45) is -0.0586. The fourth-order valence-corrected chi connectivity index (χ4v) is 6.01. The Morgan fingerprint density at radius 2 is 2.31 bits per heavy atom. The van der Waals surface area contributed by atoms with Gasteiger partial charge in [-0.1, -0.05) is 11.6 Å². The first kappa shape index (κ1) is 19.6. The number of aliphatic imine (C=N–C) groups is 1. The maximum atomic E-state index is 13.1. The predicted octanol–water partition coefficient (Wildman–Crippen LogP) is 2.88. The van der Waals surface area contributed by atoms with Gasteiger partial charge < -0.3 is 9.47 Å². The SMILES string of the molecule is CN1C(NC(=O)OC(C)(C)C)=NC2(c3sccc3Cl)COCCC2S1=O. The van der Waals surface area contributed by atoms with Gasteiger partial charge in [-0.25, -0.2) is 14.0 Å². The number of ether oxygens (including phenoxy) is 2. The highest BCUT2D eigenvalue weighted by Crippen LogP contribution is 2.45. The van der Waals surface area contributed by atoms with Gasteiger partial charge in [-0.3, -0.25) is 9.62 Å². The number of rotatable bonds is 1. The fourth-order valence-electron chi connectivity index (χ4n) is 3.02. The molecular formula is C16H22ClN3O4S2. The van der Waals surface area contributed by atoms with E-state index in [4.69, 9.17) is 26.1 Å². The molecule has 2 aliphatic rings. The summed E-state index contributed by atoms with van der Waals surface area (Å²) in [6.45, 7) is 6.09. The zero-order valence-corrected chi connectivity index (χ0v) is 17.5. The van der Waals surface area contributed by atoms with Gasteiger partial charge in [0.05, 0.1) is 21.8 Å². The van der Waals surface area contributed by atoms with Crippen molar-refractivity contribution in [3.05, 3.63) is 21.3 Å². The topological polar surface area (TPSA) is 80.2 Å². The molecule has 2 aliphatic heterocycles. The van der Waals surface area contributed by atoms with Crippen LogP contribution in [-0.4, -0.2) is 51.7 Å². The van der Waals surface area contributed by atoms with E-state index in [9.17, 15) is 9.00 Å². The zero-order valence-electron chi connectivity index (χ0n) is 15.1. The quantitative estimate of drug-likeness (QED) is 0.758. The van der Waals surface area contributed by atoms with Crippen LogP contribution in [0.25, 0.3) is 0 Å². The summed E-state index contributed by atoms with van der Waals surface area (Å²) in [5.41, 5.74) is -1.53. The van der Waals surface area contributed by atoms with E-state index in [1.165, 1.54) is 15.6 Å². The van der Waals surface area contributed by atoms with Crippen molar-refractivity contribution >= 4 is 46.0 Å². The normalized spacial score (nSPS) is 29.0. The summed E-state index contributed by atoms with van der Waals surface area (Å²) in [5.74, 6) is 0.184. The molecule has 7 nitrogen and oxygen atoms in total. The number of carbonyl (C=O) groups is 1. The number of amides is 1. The van der Waals surface area contributed by atoms with Crippen LogP contribution in [-0.2, 0) is 26.0 Å². The van der Waals surface area contributed by atoms with Crippen molar-refractivity contribution in [2.45, 2.75) is 43.6 Å². The lowest BCUT2D eigenvalue weighted by Gasteiger charge is -2.45.